The number of carbonyl (C=O) groups is 4. The molecule has 0 saturated heterocycles. The van der Waals surface area contributed by atoms with Gasteiger partial charge in [-0.3, -0.25) is 19.2 Å². The molecule has 0 radical (unpaired) electrons. The number of esters is 1. The summed E-state index contributed by atoms with van der Waals surface area (Å²) in [6.07, 6.45) is 19.0. The predicted octanol–water partition coefficient (Wildman–Crippen LogP) is 6.30. The molecule has 36 heavy (non-hydrogen) atoms. The van der Waals surface area contributed by atoms with E-state index in [2.05, 4.69) is 6.92 Å². The van der Waals surface area contributed by atoms with Crippen LogP contribution in [0.3, 0.4) is 0 Å². The van der Waals surface area contributed by atoms with Crippen LogP contribution >= 0.6 is 0 Å². The summed E-state index contributed by atoms with van der Waals surface area (Å²) < 4.78 is 5.26. The molecule has 8 nitrogen and oxygen atoms in total. The number of carboxylic acids is 3. The van der Waals surface area contributed by atoms with Crippen molar-refractivity contribution < 1.29 is 39.2 Å². The van der Waals surface area contributed by atoms with Gasteiger partial charge in [-0.05, 0) is 19.3 Å². The van der Waals surface area contributed by atoms with Crippen molar-refractivity contribution in [3.8, 4) is 0 Å². The average molecular weight is 513 g/mol. The second-order valence-electron chi connectivity index (χ2n) is 10.4. The van der Waals surface area contributed by atoms with Crippen LogP contribution in [0.25, 0.3) is 0 Å². The SMILES string of the molecule is CCCCCCCCCCCCCCCCCCOC(=O)C1CC(C(=O)O)C(C(=O)O)CC1C(=O)O. The van der Waals surface area contributed by atoms with Crippen LogP contribution in [0, 0.1) is 23.7 Å². The van der Waals surface area contributed by atoms with Crippen LogP contribution < -0.4 is 0 Å². The zero-order valence-corrected chi connectivity index (χ0v) is 22.1. The summed E-state index contributed by atoms with van der Waals surface area (Å²) in [6.45, 7) is 2.41. The van der Waals surface area contributed by atoms with E-state index in [-0.39, 0.29) is 19.4 Å². The Balaban J connectivity index is 2.12. The summed E-state index contributed by atoms with van der Waals surface area (Å²) in [6, 6.07) is 0. The van der Waals surface area contributed by atoms with E-state index in [0.29, 0.717) is 6.42 Å². The fraction of sp³-hybridized carbons (Fsp3) is 0.857. The second kappa shape index (κ2) is 19.1. The van der Waals surface area contributed by atoms with Crippen LogP contribution in [0.5, 0.6) is 0 Å². The molecule has 8 heteroatoms. The van der Waals surface area contributed by atoms with E-state index in [1.165, 1.54) is 77.0 Å². The molecule has 1 fully saturated rings. The van der Waals surface area contributed by atoms with Crippen molar-refractivity contribution in [2.75, 3.05) is 6.61 Å². The van der Waals surface area contributed by atoms with E-state index in [1.807, 2.05) is 0 Å². The molecule has 0 amide bonds. The highest BCUT2D eigenvalue weighted by molar-refractivity contribution is 5.86. The fourth-order valence-corrected chi connectivity index (χ4v) is 5.21. The van der Waals surface area contributed by atoms with Crippen molar-refractivity contribution in [1.82, 2.24) is 0 Å². The lowest BCUT2D eigenvalue weighted by atomic mass is 9.68. The van der Waals surface area contributed by atoms with Gasteiger partial charge in [0.05, 0.1) is 30.3 Å². The van der Waals surface area contributed by atoms with Gasteiger partial charge in [0.1, 0.15) is 0 Å². The van der Waals surface area contributed by atoms with E-state index in [1.54, 1.807) is 0 Å². The van der Waals surface area contributed by atoms with Crippen molar-refractivity contribution in [2.45, 2.75) is 122 Å². The van der Waals surface area contributed by atoms with Crippen LogP contribution in [0.2, 0.25) is 0 Å². The number of hydrogen-bond acceptors (Lipinski definition) is 5. The molecule has 0 aromatic rings. The minimum absolute atomic E-state index is 0.167. The van der Waals surface area contributed by atoms with E-state index in [9.17, 15) is 34.5 Å². The number of unbranched alkanes of at least 4 members (excludes halogenated alkanes) is 15. The summed E-state index contributed by atoms with van der Waals surface area (Å²) in [7, 11) is 0. The van der Waals surface area contributed by atoms with Gasteiger partial charge in [0.2, 0.25) is 0 Å². The van der Waals surface area contributed by atoms with E-state index >= 15 is 0 Å². The van der Waals surface area contributed by atoms with Crippen LogP contribution in [-0.4, -0.2) is 45.8 Å². The van der Waals surface area contributed by atoms with Gasteiger partial charge in [0.15, 0.2) is 0 Å². The Morgan fingerprint density at radius 1 is 0.528 bits per heavy atom. The summed E-state index contributed by atoms with van der Waals surface area (Å²) in [5, 5.41) is 28.1. The Kier molecular flexibility index (Phi) is 16.9. The molecule has 4 unspecified atom stereocenters. The number of rotatable bonds is 21. The highest BCUT2D eigenvalue weighted by Crippen LogP contribution is 2.39. The zero-order valence-electron chi connectivity index (χ0n) is 22.1. The van der Waals surface area contributed by atoms with Gasteiger partial charge in [-0.1, -0.05) is 103 Å². The van der Waals surface area contributed by atoms with E-state index in [0.717, 1.165) is 19.3 Å². The third-order valence-corrected chi connectivity index (χ3v) is 7.48. The molecule has 0 aliphatic heterocycles. The molecule has 208 valence electrons. The quantitative estimate of drug-likeness (QED) is 0.120. The van der Waals surface area contributed by atoms with Gasteiger partial charge in [-0.25, -0.2) is 0 Å². The molecule has 1 rings (SSSR count). The maximum Gasteiger partial charge on any atom is 0.309 e. The fourth-order valence-electron chi connectivity index (χ4n) is 5.21. The van der Waals surface area contributed by atoms with Crippen molar-refractivity contribution in [3.63, 3.8) is 0 Å². The molecular weight excluding hydrogens is 464 g/mol. The first-order valence-electron chi connectivity index (χ1n) is 14.1. The lowest BCUT2D eigenvalue weighted by molar-refractivity contribution is -0.170. The topological polar surface area (TPSA) is 138 Å². The molecule has 0 aromatic carbocycles. The molecular formula is C28H48O8. The second-order valence-corrected chi connectivity index (χ2v) is 10.4. The summed E-state index contributed by atoms with van der Waals surface area (Å²) in [5.74, 6) is -9.73. The monoisotopic (exact) mass is 512 g/mol. The zero-order chi connectivity index (χ0) is 26.8. The van der Waals surface area contributed by atoms with Gasteiger partial charge in [0, 0.05) is 0 Å². The normalized spacial score (nSPS) is 21.7. The Morgan fingerprint density at radius 3 is 1.19 bits per heavy atom. The number of carbonyl (C=O) groups excluding carboxylic acids is 1. The maximum absolute atomic E-state index is 12.5. The number of ether oxygens (including phenoxy) is 1. The van der Waals surface area contributed by atoms with Gasteiger partial charge >= 0.3 is 23.9 Å². The predicted molar refractivity (Wildman–Crippen MR) is 137 cm³/mol. The third-order valence-electron chi connectivity index (χ3n) is 7.48. The van der Waals surface area contributed by atoms with Crippen molar-refractivity contribution in [1.29, 1.82) is 0 Å². The van der Waals surface area contributed by atoms with Gasteiger partial charge < -0.3 is 20.1 Å². The Morgan fingerprint density at radius 2 is 0.833 bits per heavy atom. The molecule has 3 N–H and O–H groups in total. The Hall–Kier alpha value is -2.12. The summed E-state index contributed by atoms with van der Waals surface area (Å²) >= 11 is 0. The Labute approximate surface area is 216 Å². The molecule has 1 aliphatic rings. The summed E-state index contributed by atoms with van der Waals surface area (Å²) in [5.41, 5.74) is 0. The minimum Gasteiger partial charge on any atom is -0.481 e. The first-order chi connectivity index (χ1) is 17.3. The van der Waals surface area contributed by atoms with Crippen molar-refractivity contribution in [2.24, 2.45) is 23.7 Å². The van der Waals surface area contributed by atoms with Crippen LogP contribution in [0.1, 0.15) is 122 Å². The first-order valence-corrected chi connectivity index (χ1v) is 14.1. The summed E-state index contributed by atoms with van der Waals surface area (Å²) in [4.78, 5) is 47.0. The number of hydrogen-bond donors (Lipinski definition) is 3. The van der Waals surface area contributed by atoms with E-state index < -0.39 is 47.5 Å². The largest absolute Gasteiger partial charge is 0.481 e. The molecule has 1 saturated carbocycles. The average Bonchev–Trinajstić information content (AvgIpc) is 2.84. The maximum atomic E-state index is 12.5. The van der Waals surface area contributed by atoms with Crippen molar-refractivity contribution >= 4 is 23.9 Å². The Bertz CT molecular complexity index is 662. The lowest BCUT2D eigenvalue weighted by Crippen LogP contribution is -2.45. The number of aliphatic carboxylic acids is 3. The molecule has 0 spiro atoms. The number of carboxylic acid groups (broad SMARTS) is 3. The molecule has 1 aliphatic carbocycles. The van der Waals surface area contributed by atoms with E-state index in [4.69, 9.17) is 4.74 Å². The first kappa shape index (κ1) is 31.9. The lowest BCUT2D eigenvalue weighted by Gasteiger charge is -2.34. The molecule has 0 bridgehead atoms. The van der Waals surface area contributed by atoms with Gasteiger partial charge in [-0.2, -0.15) is 0 Å². The third kappa shape index (κ3) is 12.7. The molecule has 0 aromatic heterocycles. The van der Waals surface area contributed by atoms with Gasteiger partial charge in [0.25, 0.3) is 0 Å². The molecule has 0 heterocycles. The highest BCUT2D eigenvalue weighted by Gasteiger charge is 2.49. The standard InChI is InChI=1S/C28H48O8/c1-2-3-4-5-6-7-8-9-10-11-12-13-14-15-16-17-18-36-28(35)24-20-22(26(31)32)21(25(29)30)19-23(24)27(33)34/h21-24H,2-20H2,1H3,(H,29,30)(H,31,32)(H,33,34). The van der Waals surface area contributed by atoms with Crippen LogP contribution in [0.4, 0.5) is 0 Å². The van der Waals surface area contributed by atoms with Gasteiger partial charge in [-0.15, -0.1) is 0 Å². The highest BCUT2D eigenvalue weighted by atomic mass is 16.5. The molecule has 4 atom stereocenters. The van der Waals surface area contributed by atoms with Crippen molar-refractivity contribution in [3.05, 3.63) is 0 Å². The minimum atomic E-state index is -1.35. The van der Waals surface area contributed by atoms with Crippen LogP contribution in [0.15, 0.2) is 0 Å². The smallest absolute Gasteiger partial charge is 0.309 e. The van der Waals surface area contributed by atoms with Crippen LogP contribution in [-0.2, 0) is 23.9 Å².